The number of benzene rings is 1. The van der Waals surface area contributed by atoms with Gasteiger partial charge in [-0.15, -0.1) is 0 Å². The molecule has 112 valence electrons. The second kappa shape index (κ2) is 6.10. The normalized spacial score (nSPS) is 13.0. The van der Waals surface area contributed by atoms with E-state index < -0.39 is 11.7 Å². The molecule has 0 spiro atoms. The van der Waals surface area contributed by atoms with Crippen LogP contribution in [0.3, 0.4) is 0 Å². The quantitative estimate of drug-likeness (QED) is 0.910. The van der Waals surface area contributed by atoms with Crippen molar-refractivity contribution in [1.29, 1.82) is 0 Å². The number of rotatable bonds is 3. The molecular formula is C16H21N3O2. The van der Waals surface area contributed by atoms with Gasteiger partial charge < -0.3 is 15.8 Å². The predicted octanol–water partition coefficient (Wildman–Crippen LogP) is 2.76. The first-order valence-electron chi connectivity index (χ1n) is 6.92. The van der Waals surface area contributed by atoms with Crippen LogP contribution in [-0.2, 0) is 4.74 Å². The van der Waals surface area contributed by atoms with Gasteiger partial charge in [-0.2, -0.15) is 0 Å². The number of fused-ring (bicyclic) bond motifs is 1. The molecule has 2 aromatic rings. The Hall–Kier alpha value is -2.14. The van der Waals surface area contributed by atoms with E-state index in [1.54, 1.807) is 6.20 Å². The number of aromatic nitrogens is 1. The molecule has 2 rings (SSSR count). The van der Waals surface area contributed by atoms with E-state index in [0.717, 1.165) is 16.5 Å². The average Bonchev–Trinajstić information content (AvgIpc) is 2.42. The fraction of sp³-hybridized carbons (Fsp3) is 0.375. The summed E-state index contributed by atoms with van der Waals surface area (Å²) in [5.74, 6) is 0. The first-order valence-corrected chi connectivity index (χ1v) is 6.92. The number of para-hydroxylation sites is 1. The summed E-state index contributed by atoms with van der Waals surface area (Å²) in [6.45, 7) is 5.76. The third-order valence-corrected chi connectivity index (χ3v) is 2.90. The number of alkyl carbamates (subject to hydrolysis) is 1. The molecule has 5 heteroatoms. The van der Waals surface area contributed by atoms with Crippen LogP contribution in [0.4, 0.5) is 4.79 Å². The smallest absolute Gasteiger partial charge is 0.407 e. The molecule has 0 bridgehead atoms. The maximum absolute atomic E-state index is 11.6. The minimum absolute atomic E-state index is 0.301. The van der Waals surface area contributed by atoms with Crippen LogP contribution in [0.1, 0.15) is 32.4 Å². The summed E-state index contributed by atoms with van der Waals surface area (Å²) in [4.78, 5) is 16.0. The van der Waals surface area contributed by atoms with Crippen LogP contribution in [0, 0.1) is 0 Å². The summed E-state index contributed by atoms with van der Waals surface area (Å²) >= 11 is 0. The van der Waals surface area contributed by atoms with E-state index in [1.165, 1.54) is 0 Å². The fourth-order valence-corrected chi connectivity index (χ4v) is 1.92. The maximum atomic E-state index is 11.6. The van der Waals surface area contributed by atoms with Gasteiger partial charge >= 0.3 is 6.09 Å². The summed E-state index contributed by atoms with van der Waals surface area (Å²) in [7, 11) is 0. The first-order chi connectivity index (χ1) is 9.85. The van der Waals surface area contributed by atoms with Gasteiger partial charge in [-0.1, -0.05) is 18.2 Å². The Balaban J connectivity index is 1.99. The molecule has 1 aromatic heterocycles. The topological polar surface area (TPSA) is 77.2 Å². The van der Waals surface area contributed by atoms with E-state index in [9.17, 15) is 4.79 Å². The van der Waals surface area contributed by atoms with Crippen LogP contribution in [0.25, 0.3) is 10.9 Å². The lowest BCUT2D eigenvalue weighted by Gasteiger charge is -2.21. The van der Waals surface area contributed by atoms with Gasteiger partial charge in [0.15, 0.2) is 0 Å². The number of carbonyl (C=O) groups excluding carboxylic acids is 1. The lowest BCUT2D eigenvalue weighted by molar-refractivity contribution is 0.0524. The van der Waals surface area contributed by atoms with Gasteiger partial charge in [0.1, 0.15) is 5.60 Å². The Morgan fingerprint density at radius 2 is 2.10 bits per heavy atom. The number of hydrogen-bond acceptors (Lipinski definition) is 4. The molecule has 1 amide bonds. The van der Waals surface area contributed by atoms with Crippen molar-refractivity contribution in [3.8, 4) is 0 Å². The number of hydrogen-bond donors (Lipinski definition) is 2. The van der Waals surface area contributed by atoms with Crippen molar-refractivity contribution >= 4 is 17.0 Å². The van der Waals surface area contributed by atoms with E-state index in [0.29, 0.717) is 6.54 Å². The highest BCUT2D eigenvalue weighted by molar-refractivity contribution is 5.78. The minimum atomic E-state index is -0.515. The molecule has 0 radical (unpaired) electrons. The van der Waals surface area contributed by atoms with Gasteiger partial charge in [0.05, 0.1) is 5.52 Å². The number of carbonyl (C=O) groups is 1. The highest BCUT2D eigenvalue weighted by atomic mass is 16.6. The monoisotopic (exact) mass is 287 g/mol. The van der Waals surface area contributed by atoms with Crippen molar-refractivity contribution in [2.45, 2.75) is 32.4 Å². The number of pyridine rings is 1. The predicted molar refractivity (Wildman–Crippen MR) is 82.9 cm³/mol. The molecule has 1 unspecified atom stereocenters. The summed E-state index contributed by atoms with van der Waals surface area (Å²) in [6.07, 6.45) is 1.27. The van der Waals surface area contributed by atoms with Crippen LogP contribution in [0.2, 0.25) is 0 Å². The van der Waals surface area contributed by atoms with Gasteiger partial charge in [-0.25, -0.2) is 4.79 Å². The Labute approximate surface area is 124 Å². The van der Waals surface area contributed by atoms with Gasteiger partial charge in [-0.05, 0) is 38.5 Å². The molecule has 0 aliphatic heterocycles. The number of nitrogens with two attached hydrogens (primary N) is 1. The average molecular weight is 287 g/mol. The van der Waals surface area contributed by atoms with Crippen LogP contribution in [-0.4, -0.2) is 23.2 Å². The highest BCUT2D eigenvalue weighted by Gasteiger charge is 2.17. The SMILES string of the molecule is CC(C)(C)OC(=O)NCC(N)c1cnc2ccccc2c1. The molecule has 0 saturated heterocycles. The summed E-state index contributed by atoms with van der Waals surface area (Å²) < 4.78 is 5.17. The summed E-state index contributed by atoms with van der Waals surface area (Å²) in [5, 5.41) is 3.70. The third kappa shape index (κ3) is 4.43. The van der Waals surface area contributed by atoms with Crippen LogP contribution >= 0.6 is 0 Å². The second-order valence-electron chi connectivity index (χ2n) is 5.95. The largest absolute Gasteiger partial charge is 0.444 e. The van der Waals surface area contributed by atoms with Crippen molar-refractivity contribution < 1.29 is 9.53 Å². The highest BCUT2D eigenvalue weighted by Crippen LogP contribution is 2.16. The van der Waals surface area contributed by atoms with Crippen molar-refractivity contribution in [2.75, 3.05) is 6.54 Å². The Morgan fingerprint density at radius 3 is 2.81 bits per heavy atom. The van der Waals surface area contributed by atoms with Crippen molar-refractivity contribution in [3.63, 3.8) is 0 Å². The van der Waals surface area contributed by atoms with Crippen LogP contribution < -0.4 is 11.1 Å². The van der Waals surface area contributed by atoms with E-state index in [2.05, 4.69) is 10.3 Å². The molecule has 21 heavy (non-hydrogen) atoms. The fourth-order valence-electron chi connectivity index (χ4n) is 1.92. The number of nitrogens with zero attached hydrogens (tertiary/aromatic N) is 1. The molecule has 0 fully saturated rings. The van der Waals surface area contributed by atoms with E-state index in [4.69, 9.17) is 10.5 Å². The molecular weight excluding hydrogens is 266 g/mol. The molecule has 1 atom stereocenters. The Bertz CT molecular complexity index is 635. The minimum Gasteiger partial charge on any atom is -0.444 e. The van der Waals surface area contributed by atoms with Gasteiger partial charge in [0.25, 0.3) is 0 Å². The van der Waals surface area contributed by atoms with E-state index in [1.807, 2.05) is 51.1 Å². The molecule has 5 nitrogen and oxygen atoms in total. The van der Waals surface area contributed by atoms with Crippen molar-refractivity contribution in [3.05, 3.63) is 42.1 Å². The second-order valence-corrected chi connectivity index (χ2v) is 5.95. The Kier molecular flexibility index (Phi) is 4.43. The molecule has 3 N–H and O–H groups in total. The number of ether oxygens (including phenoxy) is 1. The maximum Gasteiger partial charge on any atom is 0.407 e. The van der Waals surface area contributed by atoms with Gasteiger partial charge in [-0.3, -0.25) is 4.98 Å². The van der Waals surface area contributed by atoms with E-state index >= 15 is 0 Å². The van der Waals surface area contributed by atoms with E-state index in [-0.39, 0.29) is 6.04 Å². The summed E-state index contributed by atoms with van der Waals surface area (Å²) in [6, 6.07) is 9.50. The van der Waals surface area contributed by atoms with Crippen LogP contribution in [0.5, 0.6) is 0 Å². The van der Waals surface area contributed by atoms with Crippen LogP contribution in [0.15, 0.2) is 36.5 Å². The molecule has 1 aromatic carbocycles. The molecule has 0 aliphatic carbocycles. The molecule has 0 aliphatic rings. The third-order valence-electron chi connectivity index (χ3n) is 2.90. The zero-order chi connectivity index (χ0) is 15.5. The molecule has 0 saturated carbocycles. The standard InChI is InChI=1S/C16H21N3O2/c1-16(2,3)21-15(20)19-10-13(17)12-8-11-6-4-5-7-14(11)18-9-12/h4-9,13H,10,17H2,1-3H3,(H,19,20). The Morgan fingerprint density at radius 1 is 1.38 bits per heavy atom. The van der Waals surface area contributed by atoms with Crippen molar-refractivity contribution in [1.82, 2.24) is 10.3 Å². The first kappa shape index (κ1) is 15.3. The van der Waals surface area contributed by atoms with Crippen molar-refractivity contribution in [2.24, 2.45) is 5.73 Å². The zero-order valence-corrected chi connectivity index (χ0v) is 12.6. The van der Waals surface area contributed by atoms with Gasteiger partial charge in [0, 0.05) is 24.2 Å². The lowest BCUT2D eigenvalue weighted by Crippen LogP contribution is -2.36. The number of amides is 1. The molecule has 1 heterocycles. The summed E-state index contributed by atoms with van der Waals surface area (Å²) in [5.41, 5.74) is 7.38. The lowest BCUT2D eigenvalue weighted by atomic mass is 10.1. The zero-order valence-electron chi connectivity index (χ0n) is 12.6. The van der Waals surface area contributed by atoms with Gasteiger partial charge in [0.2, 0.25) is 0 Å². The number of nitrogens with one attached hydrogen (secondary N) is 1.